The van der Waals surface area contributed by atoms with E-state index in [-0.39, 0.29) is 22.5 Å². The Hall–Kier alpha value is -2.52. The molecule has 0 aliphatic rings. The summed E-state index contributed by atoms with van der Waals surface area (Å²) in [5, 5.41) is 4.12. The molecule has 0 saturated heterocycles. The maximum Gasteiger partial charge on any atom is 0.290 e. The van der Waals surface area contributed by atoms with Gasteiger partial charge in [-0.3, -0.25) is 9.20 Å². The van der Waals surface area contributed by atoms with E-state index in [0.29, 0.717) is 12.2 Å². The standard InChI is InChI=1S/C16H17FN4O3S/c1-3-15-19-20(2)16(22)14-8-12(10-21(14)15)25(23,24)18-9-11-6-4-5-7-13(11)17/h4-8,10,18H,3,9H2,1-2H3. The van der Waals surface area contributed by atoms with E-state index in [4.69, 9.17) is 0 Å². The topological polar surface area (TPSA) is 85.5 Å². The van der Waals surface area contributed by atoms with E-state index in [2.05, 4.69) is 9.82 Å². The molecule has 2 aromatic heterocycles. The predicted molar refractivity (Wildman–Crippen MR) is 90.2 cm³/mol. The van der Waals surface area contributed by atoms with E-state index in [1.54, 1.807) is 6.07 Å². The molecular formula is C16H17FN4O3S. The lowest BCUT2D eigenvalue weighted by Gasteiger charge is -2.06. The molecule has 0 unspecified atom stereocenters. The highest BCUT2D eigenvalue weighted by atomic mass is 32.2. The molecule has 0 atom stereocenters. The number of halogens is 1. The quantitative estimate of drug-likeness (QED) is 0.737. The molecule has 0 aliphatic heterocycles. The van der Waals surface area contributed by atoms with Crippen molar-refractivity contribution in [2.45, 2.75) is 24.8 Å². The minimum absolute atomic E-state index is 0.0661. The van der Waals surface area contributed by atoms with Gasteiger partial charge in [0, 0.05) is 31.8 Å². The Labute approximate surface area is 143 Å². The third-order valence-electron chi connectivity index (χ3n) is 3.89. The molecule has 0 fully saturated rings. The number of aromatic nitrogens is 3. The number of hydrogen-bond acceptors (Lipinski definition) is 4. The maximum absolute atomic E-state index is 13.6. The van der Waals surface area contributed by atoms with Crippen molar-refractivity contribution in [2.75, 3.05) is 0 Å². The lowest BCUT2D eigenvalue weighted by atomic mass is 10.2. The lowest BCUT2D eigenvalue weighted by Crippen LogP contribution is -2.23. The first kappa shape index (κ1) is 17.3. The minimum Gasteiger partial charge on any atom is -0.297 e. The molecule has 0 spiro atoms. The predicted octanol–water partition coefficient (Wildman–Crippen LogP) is 1.21. The van der Waals surface area contributed by atoms with Crippen molar-refractivity contribution in [3.63, 3.8) is 0 Å². The summed E-state index contributed by atoms with van der Waals surface area (Å²) < 4.78 is 43.7. The molecule has 25 heavy (non-hydrogen) atoms. The number of nitrogens with one attached hydrogen (secondary N) is 1. The number of fused-ring (bicyclic) bond motifs is 1. The zero-order valence-electron chi connectivity index (χ0n) is 13.7. The van der Waals surface area contributed by atoms with Gasteiger partial charge in [-0.25, -0.2) is 22.2 Å². The second kappa shape index (κ2) is 6.41. The van der Waals surface area contributed by atoms with Gasteiger partial charge in [0.05, 0.1) is 0 Å². The fourth-order valence-electron chi connectivity index (χ4n) is 2.54. The van der Waals surface area contributed by atoms with Gasteiger partial charge >= 0.3 is 0 Å². The molecule has 3 aromatic rings. The third kappa shape index (κ3) is 3.20. The number of aryl methyl sites for hydroxylation is 2. The van der Waals surface area contributed by atoms with Gasteiger partial charge in [0.15, 0.2) is 0 Å². The monoisotopic (exact) mass is 364 g/mol. The molecule has 0 aliphatic carbocycles. The van der Waals surface area contributed by atoms with E-state index in [9.17, 15) is 17.6 Å². The summed E-state index contributed by atoms with van der Waals surface area (Å²) in [7, 11) is -2.39. The average molecular weight is 364 g/mol. The van der Waals surface area contributed by atoms with E-state index < -0.39 is 21.4 Å². The van der Waals surface area contributed by atoms with Crippen LogP contribution in [0.4, 0.5) is 4.39 Å². The van der Waals surface area contributed by atoms with Gasteiger partial charge in [0.1, 0.15) is 22.1 Å². The first-order valence-electron chi connectivity index (χ1n) is 7.65. The molecular weight excluding hydrogens is 347 g/mol. The lowest BCUT2D eigenvalue weighted by molar-refractivity contribution is 0.574. The average Bonchev–Trinajstić information content (AvgIpc) is 3.04. The number of nitrogens with zero attached hydrogens (tertiary/aromatic N) is 3. The molecule has 0 amide bonds. The zero-order valence-corrected chi connectivity index (χ0v) is 14.5. The Morgan fingerprint density at radius 2 is 2.00 bits per heavy atom. The number of hydrogen-bond donors (Lipinski definition) is 1. The summed E-state index contributed by atoms with van der Waals surface area (Å²) in [6.07, 6.45) is 1.88. The summed E-state index contributed by atoms with van der Waals surface area (Å²) in [5.74, 6) is 0.0752. The third-order valence-corrected chi connectivity index (χ3v) is 5.26. The highest BCUT2D eigenvalue weighted by Gasteiger charge is 2.19. The number of rotatable bonds is 5. The van der Waals surface area contributed by atoms with Crippen molar-refractivity contribution in [3.05, 3.63) is 64.1 Å². The van der Waals surface area contributed by atoms with Crippen LogP contribution in [0.2, 0.25) is 0 Å². The van der Waals surface area contributed by atoms with E-state index in [1.807, 2.05) is 6.92 Å². The van der Waals surface area contributed by atoms with Crippen LogP contribution < -0.4 is 10.3 Å². The molecule has 7 nitrogen and oxygen atoms in total. The van der Waals surface area contributed by atoms with Crippen LogP contribution in [0.5, 0.6) is 0 Å². The Balaban J connectivity index is 1.99. The normalized spacial score (nSPS) is 12.0. The molecule has 132 valence electrons. The maximum atomic E-state index is 13.6. The highest BCUT2D eigenvalue weighted by molar-refractivity contribution is 7.89. The first-order chi connectivity index (χ1) is 11.8. The molecule has 2 heterocycles. The van der Waals surface area contributed by atoms with Crippen molar-refractivity contribution in [1.82, 2.24) is 18.9 Å². The van der Waals surface area contributed by atoms with Crippen molar-refractivity contribution >= 4 is 15.5 Å². The summed E-state index contributed by atoms with van der Waals surface area (Å²) in [4.78, 5) is 12.1. The second-order valence-electron chi connectivity index (χ2n) is 5.55. The summed E-state index contributed by atoms with van der Waals surface area (Å²) in [6, 6.07) is 7.22. The largest absolute Gasteiger partial charge is 0.297 e. The van der Waals surface area contributed by atoms with Gasteiger partial charge in [0.2, 0.25) is 10.0 Å². The van der Waals surface area contributed by atoms with Crippen molar-refractivity contribution < 1.29 is 12.8 Å². The minimum atomic E-state index is -3.91. The smallest absolute Gasteiger partial charge is 0.290 e. The Kier molecular flexibility index (Phi) is 4.44. The molecule has 3 rings (SSSR count). The van der Waals surface area contributed by atoms with Crippen LogP contribution >= 0.6 is 0 Å². The highest BCUT2D eigenvalue weighted by Crippen LogP contribution is 2.15. The van der Waals surface area contributed by atoms with Crippen LogP contribution in [0.25, 0.3) is 5.52 Å². The molecule has 9 heteroatoms. The summed E-state index contributed by atoms with van der Waals surface area (Å²) in [5.41, 5.74) is 0.0648. The molecule has 0 saturated carbocycles. The van der Waals surface area contributed by atoms with Gasteiger partial charge in [-0.05, 0) is 12.1 Å². The number of sulfonamides is 1. The fourth-order valence-corrected chi connectivity index (χ4v) is 3.56. The van der Waals surface area contributed by atoms with Gasteiger partial charge in [0.25, 0.3) is 5.56 Å². The molecule has 0 radical (unpaired) electrons. The molecule has 0 bridgehead atoms. The Bertz CT molecular complexity index is 1100. The first-order valence-corrected chi connectivity index (χ1v) is 9.13. The fraction of sp³-hybridized carbons (Fsp3) is 0.250. The van der Waals surface area contributed by atoms with Crippen molar-refractivity contribution in [2.24, 2.45) is 7.05 Å². The Morgan fingerprint density at radius 3 is 2.68 bits per heavy atom. The van der Waals surface area contributed by atoms with Gasteiger partial charge < -0.3 is 0 Å². The van der Waals surface area contributed by atoms with E-state index in [1.165, 1.54) is 46.6 Å². The van der Waals surface area contributed by atoms with Crippen molar-refractivity contribution in [1.29, 1.82) is 0 Å². The SMILES string of the molecule is CCc1nn(C)c(=O)c2cc(S(=O)(=O)NCc3ccccc3F)cn12. The van der Waals surface area contributed by atoms with Gasteiger partial charge in [-0.15, -0.1) is 0 Å². The van der Waals surface area contributed by atoms with Crippen LogP contribution in [0, 0.1) is 5.82 Å². The van der Waals surface area contributed by atoms with E-state index >= 15 is 0 Å². The number of benzene rings is 1. The van der Waals surface area contributed by atoms with Crippen molar-refractivity contribution in [3.8, 4) is 0 Å². The summed E-state index contributed by atoms with van der Waals surface area (Å²) >= 11 is 0. The molecule has 1 N–H and O–H groups in total. The van der Waals surface area contributed by atoms with Crippen LogP contribution in [0.1, 0.15) is 18.3 Å². The summed E-state index contributed by atoms with van der Waals surface area (Å²) in [6.45, 7) is 1.68. The molecule has 1 aromatic carbocycles. The van der Waals surface area contributed by atoms with Crippen LogP contribution in [0.15, 0.2) is 46.2 Å². The van der Waals surface area contributed by atoms with Crippen LogP contribution in [-0.4, -0.2) is 22.6 Å². The van der Waals surface area contributed by atoms with Crippen LogP contribution in [0.3, 0.4) is 0 Å². The zero-order chi connectivity index (χ0) is 18.2. The second-order valence-corrected chi connectivity index (χ2v) is 7.31. The van der Waals surface area contributed by atoms with E-state index in [0.717, 1.165) is 0 Å². The van der Waals surface area contributed by atoms with Gasteiger partial charge in [-0.2, -0.15) is 5.10 Å². The van der Waals surface area contributed by atoms with Crippen LogP contribution in [-0.2, 0) is 30.0 Å². The Morgan fingerprint density at radius 1 is 1.28 bits per heavy atom. The van der Waals surface area contributed by atoms with Gasteiger partial charge in [-0.1, -0.05) is 25.1 Å².